The number of carboxylic acid groups (broad SMARTS) is 2. The van der Waals surface area contributed by atoms with Gasteiger partial charge < -0.3 is 30.6 Å². The van der Waals surface area contributed by atoms with Crippen LogP contribution in [0.3, 0.4) is 0 Å². The van der Waals surface area contributed by atoms with Gasteiger partial charge in [-0.05, 0) is 105 Å². The Kier molecular flexibility index (Phi) is 11.9. The highest BCUT2D eigenvalue weighted by Gasteiger charge is 2.37. The normalized spacial score (nSPS) is 21.4. The van der Waals surface area contributed by atoms with Gasteiger partial charge in [0.15, 0.2) is 0 Å². The van der Waals surface area contributed by atoms with Gasteiger partial charge in [0.25, 0.3) is 0 Å². The van der Waals surface area contributed by atoms with E-state index in [0.717, 1.165) is 30.0 Å². The number of esters is 1. The SMILES string of the molecule is CC(=O)Nc1[nH]c(C=C2N=C(NC(=O)CCCSc3cc(C(=O)O)cc(C(=O)O)c3)C(C(=O)OC3C(C)CC(C)CC3C)=C2C)c(C)c1C. The molecule has 2 heterocycles. The van der Waals surface area contributed by atoms with E-state index in [0.29, 0.717) is 45.8 Å². The lowest BCUT2D eigenvalue weighted by atomic mass is 9.75. The molecule has 12 nitrogen and oxygen atoms in total. The Morgan fingerprint density at radius 2 is 1.57 bits per heavy atom. The standard InChI is InChI=1S/C36H44N4O8S/c1-17-11-18(2)31(19(3)12-17)48-36(47)30-22(6)28(16-27-20(4)21(5)32(38-27)37-23(7)41)39-33(30)40-29(42)9-8-10-49-26-14-24(34(43)44)13-25(15-26)35(45)46/h13-19,31,38H,8-12H2,1-7H3,(H,37,41)(H,43,44)(H,45,46)(H,39,40,42). The molecule has 13 heteroatoms. The number of amidine groups is 1. The molecule has 0 spiro atoms. The summed E-state index contributed by atoms with van der Waals surface area (Å²) in [5, 5.41) is 24.3. The lowest BCUT2D eigenvalue weighted by molar-refractivity contribution is -0.152. The number of hydrogen-bond donors (Lipinski definition) is 5. The van der Waals surface area contributed by atoms with E-state index >= 15 is 0 Å². The van der Waals surface area contributed by atoms with Gasteiger partial charge in [0, 0.05) is 23.9 Å². The molecule has 1 fully saturated rings. The van der Waals surface area contributed by atoms with Crippen molar-refractivity contribution in [2.75, 3.05) is 11.1 Å². The maximum Gasteiger partial charge on any atom is 0.342 e. The number of nitrogens with zero attached hydrogens (tertiary/aromatic N) is 1. The first kappa shape index (κ1) is 37.2. The number of ether oxygens (including phenoxy) is 1. The van der Waals surface area contributed by atoms with Crippen LogP contribution in [0, 0.1) is 31.6 Å². The highest BCUT2D eigenvalue weighted by atomic mass is 32.2. The number of allylic oxidation sites excluding steroid dienone is 1. The molecule has 2 amide bonds. The molecular weight excluding hydrogens is 648 g/mol. The van der Waals surface area contributed by atoms with Gasteiger partial charge in [0.2, 0.25) is 11.8 Å². The van der Waals surface area contributed by atoms with Crippen LogP contribution in [-0.2, 0) is 19.1 Å². The number of anilines is 1. The van der Waals surface area contributed by atoms with E-state index in [1.54, 1.807) is 13.0 Å². The summed E-state index contributed by atoms with van der Waals surface area (Å²) in [5.41, 5.74) is 3.37. The topological polar surface area (TPSA) is 187 Å². The number of rotatable bonds is 11. The van der Waals surface area contributed by atoms with Crippen molar-refractivity contribution in [1.82, 2.24) is 10.3 Å². The molecule has 2 aliphatic rings. The molecular formula is C36H44N4O8S. The van der Waals surface area contributed by atoms with Crippen LogP contribution < -0.4 is 10.6 Å². The smallest absolute Gasteiger partial charge is 0.342 e. The summed E-state index contributed by atoms with van der Waals surface area (Å²) in [5.74, 6) is -1.66. The Labute approximate surface area is 289 Å². The van der Waals surface area contributed by atoms with Gasteiger partial charge in [-0.3, -0.25) is 9.59 Å². The zero-order valence-electron chi connectivity index (χ0n) is 28.9. The van der Waals surface area contributed by atoms with Crippen molar-refractivity contribution in [1.29, 1.82) is 0 Å². The van der Waals surface area contributed by atoms with Gasteiger partial charge in [-0.1, -0.05) is 20.8 Å². The minimum atomic E-state index is -1.23. The molecule has 0 bridgehead atoms. The first-order valence-electron chi connectivity index (χ1n) is 16.3. The second-order valence-electron chi connectivity index (χ2n) is 13.1. The summed E-state index contributed by atoms with van der Waals surface area (Å²) < 4.78 is 6.12. The number of aromatic amines is 1. The minimum Gasteiger partial charge on any atom is -0.478 e. The fraction of sp³-hybridized carbons (Fsp3) is 0.444. The number of carbonyl (C=O) groups is 5. The van der Waals surface area contributed by atoms with Crippen LogP contribution in [0.4, 0.5) is 5.82 Å². The van der Waals surface area contributed by atoms with Crippen LogP contribution in [0.2, 0.25) is 0 Å². The summed E-state index contributed by atoms with van der Waals surface area (Å²) in [7, 11) is 0. The molecule has 2 atom stereocenters. The van der Waals surface area contributed by atoms with Crippen LogP contribution in [0.15, 0.2) is 44.9 Å². The third-order valence-corrected chi connectivity index (χ3v) is 10.1. The number of nitrogens with one attached hydrogen (secondary N) is 3. The lowest BCUT2D eigenvalue weighted by Gasteiger charge is -2.37. The predicted octanol–water partition coefficient (Wildman–Crippen LogP) is 6.36. The molecule has 2 aromatic rings. The van der Waals surface area contributed by atoms with E-state index in [1.807, 2.05) is 13.8 Å². The molecule has 1 aromatic heterocycles. The molecule has 49 heavy (non-hydrogen) atoms. The molecule has 1 aromatic carbocycles. The number of amides is 2. The van der Waals surface area contributed by atoms with Gasteiger partial charge in [-0.2, -0.15) is 0 Å². The predicted molar refractivity (Wildman–Crippen MR) is 188 cm³/mol. The first-order chi connectivity index (χ1) is 23.0. The number of aromatic carboxylic acids is 2. The monoisotopic (exact) mass is 692 g/mol. The highest BCUT2D eigenvalue weighted by molar-refractivity contribution is 7.99. The Morgan fingerprint density at radius 1 is 0.959 bits per heavy atom. The highest BCUT2D eigenvalue weighted by Crippen LogP contribution is 2.37. The number of carboxylic acids is 2. The maximum atomic E-state index is 13.8. The minimum absolute atomic E-state index is 0.0699. The summed E-state index contributed by atoms with van der Waals surface area (Å²) in [4.78, 5) is 69.9. The molecule has 0 saturated heterocycles. The van der Waals surface area contributed by atoms with Crippen molar-refractivity contribution >= 4 is 59.2 Å². The molecule has 5 N–H and O–H groups in total. The average molecular weight is 693 g/mol. The van der Waals surface area contributed by atoms with Crippen molar-refractivity contribution in [3.05, 3.63) is 63.0 Å². The van der Waals surface area contributed by atoms with E-state index in [-0.39, 0.29) is 58.7 Å². The fourth-order valence-corrected chi connectivity index (χ4v) is 7.44. The van der Waals surface area contributed by atoms with E-state index in [1.165, 1.54) is 30.8 Å². The number of hydrogen-bond acceptors (Lipinski definition) is 8. The van der Waals surface area contributed by atoms with Crippen LogP contribution >= 0.6 is 11.8 Å². The van der Waals surface area contributed by atoms with Crippen LogP contribution in [-0.4, -0.2) is 62.6 Å². The van der Waals surface area contributed by atoms with Crippen molar-refractivity contribution in [2.45, 2.75) is 85.1 Å². The molecule has 1 aliphatic heterocycles. The van der Waals surface area contributed by atoms with E-state index in [9.17, 15) is 34.2 Å². The number of benzene rings is 1. The van der Waals surface area contributed by atoms with E-state index in [4.69, 9.17) is 4.74 Å². The molecule has 262 valence electrons. The second-order valence-corrected chi connectivity index (χ2v) is 14.3. The number of aliphatic imine (C=N–C) groups is 1. The molecule has 2 unspecified atom stereocenters. The third-order valence-electron chi connectivity index (χ3n) is 9.00. The molecule has 0 radical (unpaired) electrons. The zero-order valence-corrected chi connectivity index (χ0v) is 29.7. The van der Waals surface area contributed by atoms with Crippen LogP contribution in [0.1, 0.15) is 97.8 Å². The van der Waals surface area contributed by atoms with Crippen molar-refractivity contribution in [2.24, 2.45) is 22.7 Å². The Bertz CT molecular complexity index is 1730. The Hall–Kier alpha value is -4.65. The zero-order chi connectivity index (χ0) is 36.2. The Balaban J connectivity index is 1.53. The second kappa shape index (κ2) is 15.7. The lowest BCUT2D eigenvalue weighted by Crippen LogP contribution is -2.40. The number of H-pyrrole nitrogens is 1. The van der Waals surface area contributed by atoms with Gasteiger partial charge in [-0.15, -0.1) is 11.8 Å². The summed E-state index contributed by atoms with van der Waals surface area (Å²) in [6.07, 6.45) is 3.84. The molecule has 4 rings (SSSR count). The quantitative estimate of drug-likeness (QED) is 0.101. The van der Waals surface area contributed by atoms with Gasteiger partial charge >= 0.3 is 17.9 Å². The number of carbonyl (C=O) groups excluding carboxylic acids is 3. The maximum absolute atomic E-state index is 13.8. The van der Waals surface area contributed by atoms with Gasteiger partial charge in [0.1, 0.15) is 23.3 Å². The first-order valence-corrected chi connectivity index (χ1v) is 17.3. The summed E-state index contributed by atoms with van der Waals surface area (Å²) in [6.45, 7) is 13.3. The van der Waals surface area contributed by atoms with Crippen molar-refractivity contribution < 1.29 is 38.9 Å². The fourth-order valence-electron chi connectivity index (χ4n) is 6.50. The number of thioether (sulfide) groups is 1. The van der Waals surface area contributed by atoms with Gasteiger partial charge in [-0.25, -0.2) is 19.4 Å². The van der Waals surface area contributed by atoms with Crippen LogP contribution in [0.25, 0.3) is 6.08 Å². The third kappa shape index (κ3) is 9.08. The molecule has 1 aliphatic carbocycles. The van der Waals surface area contributed by atoms with Crippen LogP contribution in [0.5, 0.6) is 0 Å². The van der Waals surface area contributed by atoms with E-state index < -0.39 is 17.9 Å². The Morgan fingerprint density at radius 3 is 2.14 bits per heavy atom. The van der Waals surface area contributed by atoms with Crippen molar-refractivity contribution in [3.8, 4) is 0 Å². The average Bonchev–Trinajstić information content (AvgIpc) is 3.45. The molecule has 1 saturated carbocycles. The summed E-state index contributed by atoms with van der Waals surface area (Å²) >= 11 is 1.24. The largest absolute Gasteiger partial charge is 0.478 e. The van der Waals surface area contributed by atoms with E-state index in [2.05, 4.69) is 41.4 Å². The van der Waals surface area contributed by atoms with Gasteiger partial charge in [0.05, 0.1) is 16.8 Å². The van der Waals surface area contributed by atoms with Crippen molar-refractivity contribution in [3.63, 3.8) is 0 Å². The number of aromatic nitrogens is 1. The summed E-state index contributed by atoms with van der Waals surface area (Å²) in [6, 6.07) is 3.89.